The van der Waals surface area contributed by atoms with Crippen LogP contribution in [0.2, 0.25) is 0 Å². The molecule has 0 unspecified atom stereocenters. The predicted octanol–water partition coefficient (Wildman–Crippen LogP) is 4.81. The van der Waals surface area contributed by atoms with Crippen LogP contribution in [0.25, 0.3) is 10.1 Å². The topological polar surface area (TPSA) is 55.1 Å². The van der Waals surface area contributed by atoms with Crippen LogP contribution >= 0.6 is 27.3 Å². The Morgan fingerprint density at radius 3 is 2.81 bits per heavy atom. The van der Waals surface area contributed by atoms with E-state index in [9.17, 15) is 4.79 Å². The van der Waals surface area contributed by atoms with Crippen LogP contribution in [0.5, 0.6) is 0 Å². The summed E-state index contributed by atoms with van der Waals surface area (Å²) < 4.78 is 1.97. The van der Waals surface area contributed by atoms with Gasteiger partial charge >= 0.3 is 0 Å². The van der Waals surface area contributed by atoms with Crippen LogP contribution in [0.15, 0.2) is 46.9 Å². The van der Waals surface area contributed by atoms with Crippen molar-refractivity contribution in [1.29, 1.82) is 0 Å². The van der Waals surface area contributed by atoms with E-state index >= 15 is 0 Å². The second kappa shape index (κ2) is 5.50. The normalized spacial score (nSPS) is 10.8. The van der Waals surface area contributed by atoms with Gasteiger partial charge in [0.15, 0.2) is 0 Å². The van der Waals surface area contributed by atoms with Gasteiger partial charge in [0.05, 0.1) is 5.69 Å². The smallest absolute Gasteiger partial charge is 0.267 e. The number of hydrogen-bond acceptors (Lipinski definition) is 3. The minimum atomic E-state index is -0.171. The van der Waals surface area contributed by atoms with Crippen molar-refractivity contribution in [2.45, 2.75) is 6.92 Å². The van der Waals surface area contributed by atoms with Gasteiger partial charge in [0.1, 0.15) is 4.88 Å². The van der Waals surface area contributed by atoms with Crippen molar-refractivity contribution in [3.8, 4) is 0 Å². The van der Waals surface area contributed by atoms with E-state index in [2.05, 4.69) is 21.2 Å². The summed E-state index contributed by atoms with van der Waals surface area (Å²) in [4.78, 5) is 13.0. The van der Waals surface area contributed by atoms with Crippen LogP contribution in [0, 0.1) is 6.92 Å². The first-order valence-electron chi connectivity index (χ1n) is 6.40. The van der Waals surface area contributed by atoms with Crippen molar-refractivity contribution in [1.82, 2.24) is 0 Å². The minimum absolute atomic E-state index is 0.171. The van der Waals surface area contributed by atoms with Gasteiger partial charge in [-0.25, -0.2) is 0 Å². The Morgan fingerprint density at radius 1 is 1.24 bits per heavy atom. The van der Waals surface area contributed by atoms with Gasteiger partial charge in [-0.05, 0) is 36.8 Å². The van der Waals surface area contributed by atoms with E-state index in [1.807, 2.05) is 49.4 Å². The van der Waals surface area contributed by atoms with Gasteiger partial charge in [-0.3, -0.25) is 4.79 Å². The maximum Gasteiger partial charge on any atom is 0.267 e. The second-order valence-electron chi connectivity index (χ2n) is 4.81. The fourth-order valence-electron chi connectivity index (χ4n) is 2.17. The number of aryl methyl sites for hydroxylation is 1. The summed E-state index contributed by atoms with van der Waals surface area (Å²) >= 11 is 4.83. The fraction of sp³-hybridized carbons (Fsp3) is 0.0625. The molecule has 0 radical (unpaired) electrons. The fourth-order valence-corrected chi connectivity index (χ4v) is 3.74. The lowest BCUT2D eigenvalue weighted by molar-refractivity contribution is 0.103. The quantitative estimate of drug-likeness (QED) is 0.688. The number of fused-ring (bicyclic) bond motifs is 1. The van der Waals surface area contributed by atoms with Crippen molar-refractivity contribution in [2.24, 2.45) is 0 Å². The number of nitrogens with one attached hydrogen (secondary N) is 1. The lowest BCUT2D eigenvalue weighted by Gasteiger charge is -2.05. The molecule has 1 heterocycles. The zero-order chi connectivity index (χ0) is 15.0. The highest BCUT2D eigenvalue weighted by atomic mass is 79.9. The number of thiophene rings is 1. The van der Waals surface area contributed by atoms with Crippen LogP contribution < -0.4 is 11.1 Å². The largest absolute Gasteiger partial charge is 0.397 e. The molecule has 21 heavy (non-hydrogen) atoms. The van der Waals surface area contributed by atoms with Crippen LogP contribution in [-0.2, 0) is 0 Å². The Balaban J connectivity index is 1.96. The van der Waals surface area contributed by atoms with E-state index in [4.69, 9.17) is 5.73 Å². The third-order valence-electron chi connectivity index (χ3n) is 3.17. The highest BCUT2D eigenvalue weighted by Crippen LogP contribution is 2.35. The number of nitrogens with two attached hydrogens (primary N) is 1. The third kappa shape index (κ3) is 2.80. The zero-order valence-electron chi connectivity index (χ0n) is 11.3. The van der Waals surface area contributed by atoms with E-state index in [1.165, 1.54) is 11.3 Å². The molecule has 0 aliphatic rings. The molecule has 2 aromatic carbocycles. The van der Waals surface area contributed by atoms with Crippen LogP contribution in [0.3, 0.4) is 0 Å². The third-order valence-corrected chi connectivity index (χ3v) is 4.83. The Morgan fingerprint density at radius 2 is 2.05 bits per heavy atom. The molecular formula is C16H13BrN2OS. The molecule has 5 heteroatoms. The number of carbonyl (C=O) groups is 1. The van der Waals surface area contributed by atoms with Crippen molar-refractivity contribution in [3.05, 3.63) is 57.4 Å². The molecule has 0 fully saturated rings. The molecule has 0 saturated heterocycles. The Hall–Kier alpha value is -1.85. The second-order valence-corrected chi connectivity index (χ2v) is 6.78. The molecular weight excluding hydrogens is 348 g/mol. The molecule has 0 spiro atoms. The number of rotatable bonds is 2. The monoisotopic (exact) mass is 360 g/mol. The zero-order valence-corrected chi connectivity index (χ0v) is 13.7. The Kier molecular flexibility index (Phi) is 3.69. The Labute approximate surface area is 134 Å². The summed E-state index contributed by atoms with van der Waals surface area (Å²) in [6.45, 7) is 1.99. The number of amides is 1. The van der Waals surface area contributed by atoms with E-state index in [1.54, 1.807) is 0 Å². The van der Waals surface area contributed by atoms with Crippen molar-refractivity contribution >= 4 is 54.6 Å². The first kappa shape index (κ1) is 14.1. The molecule has 1 aromatic heterocycles. The summed E-state index contributed by atoms with van der Waals surface area (Å²) in [5, 5.41) is 3.81. The van der Waals surface area contributed by atoms with Gasteiger partial charge in [-0.2, -0.15) is 0 Å². The number of carbonyl (C=O) groups excluding carboxylic acids is 1. The molecule has 3 N–H and O–H groups in total. The number of anilines is 2. The first-order chi connectivity index (χ1) is 10.0. The molecule has 3 rings (SSSR count). The highest BCUT2D eigenvalue weighted by molar-refractivity contribution is 9.10. The van der Waals surface area contributed by atoms with Gasteiger partial charge in [0.2, 0.25) is 0 Å². The lowest BCUT2D eigenvalue weighted by Crippen LogP contribution is -2.11. The molecule has 0 bridgehead atoms. The van der Waals surface area contributed by atoms with E-state index < -0.39 is 0 Å². The van der Waals surface area contributed by atoms with Gasteiger partial charge in [-0.15, -0.1) is 11.3 Å². The van der Waals surface area contributed by atoms with Crippen molar-refractivity contribution < 1.29 is 4.79 Å². The number of nitrogen functional groups attached to an aromatic ring is 1. The molecule has 0 saturated carbocycles. The van der Waals surface area contributed by atoms with Gasteiger partial charge in [0, 0.05) is 20.2 Å². The van der Waals surface area contributed by atoms with Gasteiger partial charge < -0.3 is 11.1 Å². The predicted molar refractivity (Wildman–Crippen MR) is 93.1 cm³/mol. The van der Waals surface area contributed by atoms with Crippen LogP contribution in [0.4, 0.5) is 11.4 Å². The maximum absolute atomic E-state index is 12.4. The SMILES string of the molecule is Cc1cccc(NC(=O)c2sc3cc(Br)ccc3c2N)c1. The van der Waals surface area contributed by atoms with Gasteiger partial charge in [-0.1, -0.05) is 34.1 Å². The average molecular weight is 361 g/mol. The molecule has 3 aromatic rings. The summed E-state index contributed by atoms with van der Waals surface area (Å²) in [6, 6.07) is 13.5. The minimum Gasteiger partial charge on any atom is -0.397 e. The molecule has 1 amide bonds. The molecule has 0 aliphatic heterocycles. The molecule has 0 atom stereocenters. The number of halogens is 1. The molecule has 3 nitrogen and oxygen atoms in total. The van der Waals surface area contributed by atoms with Crippen molar-refractivity contribution in [3.63, 3.8) is 0 Å². The summed E-state index contributed by atoms with van der Waals surface area (Å²) in [5.41, 5.74) is 8.52. The standard InChI is InChI=1S/C16H13BrN2OS/c1-9-3-2-4-11(7-9)19-16(20)15-14(18)12-6-5-10(17)8-13(12)21-15/h2-8H,18H2,1H3,(H,19,20). The molecule has 0 aliphatic carbocycles. The van der Waals surface area contributed by atoms with Crippen molar-refractivity contribution in [2.75, 3.05) is 11.1 Å². The maximum atomic E-state index is 12.4. The van der Waals surface area contributed by atoms with E-state index in [0.717, 1.165) is 25.8 Å². The van der Waals surface area contributed by atoms with Gasteiger partial charge in [0.25, 0.3) is 5.91 Å². The molecule has 106 valence electrons. The van der Waals surface area contributed by atoms with E-state index in [0.29, 0.717) is 10.6 Å². The van der Waals surface area contributed by atoms with Crippen LogP contribution in [-0.4, -0.2) is 5.91 Å². The first-order valence-corrected chi connectivity index (χ1v) is 8.01. The number of benzene rings is 2. The van der Waals surface area contributed by atoms with E-state index in [-0.39, 0.29) is 5.91 Å². The summed E-state index contributed by atoms with van der Waals surface area (Å²) in [6.07, 6.45) is 0. The Bertz CT molecular complexity index is 841. The highest BCUT2D eigenvalue weighted by Gasteiger charge is 2.16. The number of hydrogen-bond donors (Lipinski definition) is 2. The summed E-state index contributed by atoms with van der Waals surface area (Å²) in [5.74, 6) is -0.171. The van der Waals surface area contributed by atoms with Crippen LogP contribution in [0.1, 0.15) is 15.2 Å². The average Bonchev–Trinajstić information content (AvgIpc) is 2.75. The lowest BCUT2D eigenvalue weighted by atomic mass is 10.2. The summed E-state index contributed by atoms with van der Waals surface area (Å²) in [7, 11) is 0.